The first kappa shape index (κ1) is 17.2. The number of hydrogen-bond donors (Lipinski definition) is 1. The quantitative estimate of drug-likeness (QED) is 0.906. The van der Waals surface area contributed by atoms with Crippen LogP contribution in [0.1, 0.15) is 17.4 Å². The molecule has 2 heterocycles. The van der Waals surface area contributed by atoms with E-state index in [1.165, 1.54) is 0 Å². The number of carbonyl (C=O) groups is 1. The van der Waals surface area contributed by atoms with Gasteiger partial charge >= 0.3 is 0 Å². The van der Waals surface area contributed by atoms with Gasteiger partial charge in [-0.15, -0.1) is 0 Å². The Morgan fingerprint density at radius 3 is 2.64 bits per heavy atom. The number of piperazine rings is 1. The van der Waals surface area contributed by atoms with E-state index in [9.17, 15) is 4.79 Å². The van der Waals surface area contributed by atoms with E-state index in [2.05, 4.69) is 27.0 Å². The maximum absolute atomic E-state index is 12.3. The molecule has 1 aliphatic rings. The zero-order chi connectivity index (χ0) is 17.6. The molecule has 0 radical (unpaired) electrons. The van der Waals surface area contributed by atoms with Crippen molar-refractivity contribution in [2.75, 3.05) is 50.1 Å². The number of aromatic nitrogens is 1. The number of benzene rings is 1. The highest BCUT2D eigenvalue weighted by atomic mass is 16.5. The normalized spacial score (nSPS) is 15.0. The van der Waals surface area contributed by atoms with E-state index in [0.717, 1.165) is 38.4 Å². The first-order valence-electron chi connectivity index (χ1n) is 8.58. The number of anilines is 2. The summed E-state index contributed by atoms with van der Waals surface area (Å²) in [5.41, 5.74) is 2.15. The number of rotatable bonds is 5. The summed E-state index contributed by atoms with van der Waals surface area (Å²) in [6.45, 7) is 7.39. The van der Waals surface area contributed by atoms with Crippen molar-refractivity contribution >= 4 is 17.3 Å². The summed E-state index contributed by atoms with van der Waals surface area (Å²) in [6, 6.07) is 11.0. The van der Waals surface area contributed by atoms with Gasteiger partial charge in [0.15, 0.2) is 0 Å². The van der Waals surface area contributed by atoms with Crippen molar-refractivity contribution in [1.29, 1.82) is 0 Å². The minimum absolute atomic E-state index is 0.226. The van der Waals surface area contributed by atoms with Crippen LogP contribution in [0.2, 0.25) is 0 Å². The van der Waals surface area contributed by atoms with Gasteiger partial charge in [-0.3, -0.25) is 4.79 Å². The van der Waals surface area contributed by atoms with Crippen molar-refractivity contribution in [3.63, 3.8) is 0 Å². The zero-order valence-electron chi connectivity index (χ0n) is 14.7. The molecule has 1 saturated heterocycles. The molecule has 1 aromatic carbocycles. The van der Waals surface area contributed by atoms with Gasteiger partial charge in [0.25, 0.3) is 5.91 Å². The van der Waals surface area contributed by atoms with Crippen LogP contribution in [-0.4, -0.2) is 55.6 Å². The lowest BCUT2D eigenvalue weighted by Crippen LogP contribution is -2.46. The maximum Gasteiger partial charge on any atom is 0.274 e. The number of likely N-dealkylation sites (N-methyl/N-ethyl adjacent to an activating group) is 1. The second-order valence-corrected chi connectivity index (χ2v) is 6.01. The molecule has 1 fully saturated rings. The molecular formula is C19H24N4O2. The summed E-state index contributed by atoms with van der Waals surface area (Å²) in [5, 5.41) is 2.84. The largest absolute Gasteiger partial charge is 0.497 e. The van der Waals surface area contributed by atoms with Crippen molar-refractivity contribution in [3.8, 4) is 5.75 Å². The SMILES string of the molecule is CCN1CCN(c2ccc(C(=O)Nc3cccc(OC)c3)nc2)CC1. The van der Waals surface area contributed by atoms with Gasteiger partial charge in [-0.1, -0.05) is 13.0 Å². The van der Waals surface area contributed by atoms with Crippen LogP contribution < -0.4 is 15.0 Å². The van der Waals surface area contributed by atoms with Gasteiger partial charge in [0, 0.05) is 37.9 Å². The second-order valence-electron chi connectivity index (χ2n) is 6.01. The number of amides is 1. The number of nitrogens with one attached hydrogen (secondary N) is 1. The summed E-state index contributed by atoms with van der Waals surface area (Å²) < 4.78 is 5.16. The zero-order valence-corrected chi connectivity index (χ0v) is 14.7. The molecule has 1 aromatic heterocycles. The van der Waals surface area contributed by atoms with Gasteiger partial charge in [-0.25, -0.2) is 4.98 Å². The fraction of sp³-hybridized carbons (Fsp3) is 0.368. The number of nitrogens with zero attached hydrogens (tertiary/aromatic N) is 3. The number of hydrogen-bond acceptors (Lipinski definition) is 5. The molecule has 6 heteroatoms. The summed E-state index contributed by atoms with van der Waals surface area (Å²) in [4.78, 5) is 21.4. The maximum atomic E-state index is 12.3. The van der Waals surface area contributed by atoms with E-state index in [-0.39, 0.29) is 5.91 Å². The van der Waals surface area contributed by atoms with Crippen molar-refractivity contribution in [2.24, 2.45) is 0 Å². The lowest BCUT2D eigenvalue weighted by Gasteiger charge is -2.35. The standard InChI is InChI=1S/C19H24N4O2/c1-3-22-9-11-23(12-10-22)16-7-8-18(20-14-16)19(24)21-15-5-4-6-17(13-15)25-2/h4-8,13-14H,3,9-12H2,1-2H3,(H,21,24). The van der Waals surface area contributed by atoms with E-state index in [1.54, 1.807) is 25.4 Å². The number of pyridine rings is 1. The Morgan fingerprint density at radius 1 is 1.20 bits per heavy atom. The van der Waals surface area contributed by atoms with Crippen molar-refractivity contribution in [3.05, 3.63) is 48.3 Å². The summed E-state index contributed by atoms with van der Waals surface area (Å²) in [7, 11) is 1.60. The minimum Gasteiger partial charge on any atom is -0.497 e. The van der Waals surface area contributed by atoms with Crippen LogP contribution in [0.5, 0.6) is 5.75 Å². The lowest BCUT2D eigenvalue weighted by molar-refractivity contribution is 0.102. The van der Waals surface area contributed by atoms with Gasteiger partial charge in [-0.2, -0.15) is 0 Å². The fourth-order valence-corrected chi connectivity index (χ4v) is 2.93. The molecule has 1 amide bonds. The summed E-state index contributed by atoms with van der Waals surface area (Å²) in [5.74, 6) is 0.475. The molecule has 132 valence electrons. The Bertz CT molecular complexity index is 710. The van der Waals surface area contributed by atoms with Crippen LogP contribution in [0.15, 0.2) is 42.6 Å². The molecule has 25 heavy (non-hydrogen) atoms. The van der Waals surface area contributed by atoms with Gasteiger partial charge in [0.05, 0.1) is 19.0 Å². The van der Waals surface area contributed by atoms with E-state index in [1.807, 2.05) is 24.3 Å². The predicted molar refractivity (Wildman–Crippen MR) is 99.5 cm³/mol. The number of carbonyl (C=O) groups excluding carboxylic acids is 1. The predicted octanol–water partition coefficient (Wildman–Crippen LogP) is 2.48. The van der Waals surface area contributed by atoms with Crippen LogP contribution >= 0.6 is 0 Å². The number of ether oxygens (including phenoxy) is 1. The molecular weight excluding hydrogens is 316 g/mol. The van der Waals surface area contributed by atoms with Gasteiger partial charge in [0.2, 0.25) is 0 Å². The van der Waals surface area contributed by atoms with Crippen LogP contribution in [0, 0.1) is 0 Å². The summed E-state index contributed by atoms with van der Waals surface area (Å²) >= 11 is 0. The van der Waals surface area contributed by atoms with Crippen LogP contribution in [-0.2, 0) is 0 Å². The molecule has 3 rings (SSSR count). The Kier molecular flexibility index (Phi) is 5.50. The lowest BCUT2D eigenvalue weighted by atomic mass is 10.2. The van der Waals surface area contributed by atoms with E-state index < -0.39 is 0 Å². The number of methoxy groups -OCH3 is 1. The average Bonchev–Trinajstić information content (AvgIpc) is 2.68. The fourth-order valence-electron chi connectivity index (χ4n) is 2.93. The van der Waals surface area contributed by atoms with Gasteiger partial charge in [-0.05, 0) is 30.8 Å². The highest BCUT2D eigenvalue weighted by Gasteiger charge is 2.16. The van der Waals surface area contributed by atoms with Crippen LogP contribution in [0.3, 0.4) is 0 Å². The third-order valence-electron chi connectivity index (χ3n) is 4.49. The molecule has 0 bridgehead atoms. The average molecular weight is 340 g/mol. The third-order valence-corrected chi connectivity index (χ3v) is 4.49. The monoisotopic (exact) mass is 340 g/mol. The molecule has 6 nitrogen and oxygen atoms in total. The third kappa shape index (κ3) is 4.28. The molecule has 1 N–H and O–H groups in total. The molecule has 0 saturated carbocycles. The molecule has 0 unspecified atom stereocenters. The molecule has 0 spiro atoms. The Labute approximate surface area is 148 Å². The van der Waals surface area contributed by atoms with Crippen molar-refractivity contribution in [1.82, 2.24) is 9.88 Å². The minimum atomic E-state index is -0.226. The smallest absolute Gasteiger partial charge is 0.274 e. The molecule has 1 aliphatic heterocycles. The van der Waals surface area contributed by atoms with Gasteiger partial charge < -0.3 is 19.9 Å². The highest BCUT2D eigenvalue weighted by Crippen LogP contribution is 2.19. The second kappa shape index (κ2) is 7.98. The topological polar surface area (TPSA) is 57.7 Å². The first-order valence-corrected chi connectivity index (χ1v) is 8.58. The van der Waals surface area contributed by atoms with Crippen molar-refractivity contribution in [2.45, 2.75) is 6.92 Å². The summed E-state index contributed by atoms with van der Waals surface area (Å²) in [6.07, 6.45) is 1.78. The Balaban J connectivity index is 1.62. The van der Waals surface area contributed by atoms with E-state index >= 15 is 0 Å². The Hall–Kier alpha value is -2.60. The van der Waals surface area contributed by atoms with Crippen molar-refractivity contribution < 1.29 is 9.53 Å². The van der Waals surface area contributed by atoms with Crippen LogP contribution in [0.4, 0.5) is 11.4 Å². The van der Waals surface area contributed by atoms with Gasteiger partial charge in [0.1, 0.15) is 11.4 Å². The first-order chi connectivity index (χ1) is 12.2. The highest BCUT2D eigenvalue weighted by molar-refractivity contribution is 6.03. The van der Waals surface area contributed by atoms with E-state index in [0.29, 0.717) is 17.1 Å². The van der Waals surface area contributed by atoms with Crippen LogP contribution in [0.25, 0.3) is 0 Å². The molecule has 0 atom stereocenters. The molecule has 0 aliphatic carbocycles. The Morgan fingerprint density at radius 2 is 2.00 bits per heavy atom. The molecule has 2 aromatic rings. The van der Waals surface area contributed by atoms with E-state index in [4.69, 9.17) is 4.74 Å².